The van der Waals surface area contributed by atoms with Gasteiger partial charge in [0.05, 0.1) is 6.20 Å². The van der Waals surface area contributed by atoms with E-state index in [-0.39, 0.29) is 5.41 Å². The molecule has 0 spiro atoms. The van der Waals surface area contributed by atoms with Crippen LogP contribution in [0.25, 0.3) is 0 Å². The van der Waals surface area contributed by atoms with Crippen LogP contribution in [0.15, 0.2) is 10.6 Å². The van der Waals surface area contributed by atoms with Crippen molar-refractivity contribution in [3.05, 3.63) is 17.8 Å². The minimum absolute atomic E-state index is 0.257. The first-order valence-corrected chi connectivity index (χ1v) is 6.04. The number of nitrogens with zero attached hydrogens (tertiary/aromatic N) is 1. The molecule has 0 atom stereocenters. The van der Waals surface area contributed by atoms with Crippen LogP contribution in [0, 0.1) is 5.41 Å². The van der Waals surface area contributed by atoms with Crippen LogP contribution in [-0.4, -0.2) is 17.6 Å². The number of nitrogens with one attached hydrogen (secondary N) is 1. The van der Waals surface area contributed by atoms with Crippen molar-refractivity contribution in [3.8, 4) is 0 Å². The lowest BCUT2D eigenvalue weighted by Crippen LogP contribution is -2.24. The Morgan fingerprint density at radius 1 is 1.38 bits per heavy atom. The number of hydrogen-bond donors (Lipinski definition) is 1. The SMILES string of the molecule is CC(C)NCCc1ncc(CC(C)(C)C)o1. The van der Waals surface area contributed by atoms with Gasteiger partial charge in [0.15, 0.2) is 5.89 Å². The van der Waals surface area contributed by atoms with Crippen LogP contribution in [0.3, 0.4) is 0 Å². The molecule has 1 heterocycles. The smallest absolute Gasteiger partial charge is 0.195 e. The van der Waals surface area contributed by atoms with E-state index in [2.05, 4.69) is 44.9 Å². The summed E-state index contributed by atoms with van der Waals surface area (Å²) >= 11 is 0. The van der Waals surface area contributed by atoms with Gasteiger partial charge >= 0.3 is 0 Å². The van der Waals surface area contributed by atoms with Gasteiger partial charge in [-0.25, -0.2) is 4.98 Å². The van der Waals surface area contributed by atoms with E-state index < -0.39 is 0 Å². The first-order chi connectivity index (χ1) is 7.37. The number of hydrogen-bond acceptors (Lipinski definition) is 3. The predicted molar refractivity (Wildman–Crippen MR) is 66.5 cm³/mol. The van der Waals surface area contributed by atoms with Crippen molar-refractivity contribution in [1.29, 1.82) is 0 Å². The molecule has 3 heteroatoms. The van der Waals surface area contributed by atoms with Gasteiger partial charge in [0, 0.05) is 25.4 Å². The number of aromatic nitrogens is 1. The highest BCUT2D eigenvalue weighted by atomic mass is 16.4. The second-order valence-electron chi connectivity index (χ2n) is 5.82. The van der Waals surface area contributed by atoms with Crippen LogP contribution in [0.5, 0.6) is 0 Å². The molecule has 0 aliphatic heterocycles. The third-order valence-corrected chi connectivity index (χ3v) is 2.20. The van der Waals surface area contributed by atoms with Crippen molar-refractivity contribution >= 4 is 0 Å². The molecule has 0 saturated heterocycles. The standard InChI is InChI=1S/C13H24N2O/c1-10(2)14-7-6-12-15-9-11(16-12)8-13(3,4)5/h9-10,14H,6-8H2,1-5H3. The van der Waals surface area contributed by atoms with E-state index in [0.29, 0.717) is 6.04 Å². The molecule has 0 aliphatic rings. The minimum atomic E-state index is 0.257. The Hall–Kier alpha value is -0.830. The fourth-order valence-corrected chi connectivity index (χ4v) is 1.54. The van der Waals surface area contributed by atoms with E-state index in [4.69, 9.17) is 4.42 Å². The highest BCUT2D eigenvalue weighted by Crippen LogP contribution is 2.20. The van der Waals surface area contributed by atoms with Crippen LogP contribution in [0.4, 0.5) is 0 Å². The van der Waals surface area contributed by atoms with Gasteiger partial charge in [-0.05, 0) is 5.41 Å². The average molecular weight is 224 g/mol. The summed E-state index contributed by atoms with van der Waals surface area (Å²) in [6.45, 7) is 11.8. The second kappa shape index (κ2) is 5.48. The van der Waals surface area contributed by atoms with E-state index in [1.165, 1.54) is 0 Å². The number of rotatable bonds is 5. The lowest BCUT2D eigenvalue weighted by molar-refractivity contribution is 0.351. The van der Waals surface area contributed by atoms with Crippen molar-refractivity contribution in [2.45, 2.75) is 53.5 Å². The summed E-state index contributed by atoms with van der Waals surface area (Å²) < 4.78 is 5.69. The molecule has 0 bridgehead atoms. The summed E-state index contributed by atoms with van der Waals surface area (Å²) in [7, 11) is 0. The van der Waals surface area contributed by atoms with Crippen LogP contribution >= 0.6 is 0 Å². The zero-order chi connectivity index (χ0) is 12.2. The molecule has 3 nitrogen and oxygen atoms in total. The molecule has 92 valence electrons. The fraction of sp³-hybridized carbons (Fsp3) is 0.769. The summed E-state index contributed by atoms with van der Waals surface area (Å²) in [5.41, 5.74) is 0.257. The molecule has 0 fully saturated rings. The van der Waals surface area contributed by atoms with Crippen molar-refractivity contribution in [2.24, 2.45) is 5.41 Å². The largest absolute Gasteiger partial charge is 0.446 e. The van der Waals surface area contributed by atoms with Gasteiger partial charge in [-0.2, -0.15) is 0 Å². The Labute approximate surface area is 98.6 Å². The minimum Gasteiger partial charge on any atom is -0.446 e. The predicted octanol–water partition coefficient (Wildman–Crippen LogP) is 2.80. The van der Waals surface area contributed by atoms with E-state index >= 15 is 0 Å². The van der Waals surface area contributed by atoms with E-state index in [0.717, 1.165) is 31.0 Å². The van der Waals surface area contributed by atoms with Crippen molar-refractivity contribution < 1.29 is 4.42 Å². The van der Waals surface area contributed by atoms with Crippen molar-refractivity contribution in [2.75, 3.05) is 6.54 Å². The Morgan fingerprint density at radius 2 is 2.06 bits per heavy atom. The Balaban J connectivity index is 2.40. The lowest BCUT2D eigenvalue weighted by Gasteiger charge is -2.15. The molecule has 0 radical (unpaired) electrons. The second-order valence-corrected chi connectivity index (χ2v) is 5.82. The van der Waals surface area contributed by atoms with Crippen LogP contribution in [0.1, 0.15) is 46.3 Å². The van der Waals surface area contributed by atoms with Gasteiger partial charge in [0.25, 0.3) is 0 Å². The normalized spacial score (nSPS) is 12.4. The van der Waals surface area contributed by atoms with Crippen molar-refractivity contribution in [1.82, 2.24) is 10.3 Å². The topological polar surface area (TPSA) is 38.1 Å². The Kier molecular flexibility index (Phi) is 4.54. The lowest BCUT2D eigenvalue weighted by atomic mass is 9.91. The molecule has 0 unspecified atom stereocenters. The van der Waals surface area contributed by atoms with Crippen LogP contribution in [-0.2, 0) is 12.8 Å². The van der Waals surface area contributed by atoms with Gasteiger partial charge in [0.1, 0.15) is 5.76 Å². The number of oxazole rings is 1. The molecule has 1 aromatic rings. The molecule has 0 aromatic carbocycles. The maximum Gasteiger partial charge on any atom is 0.195 e. The molecule has 16 heavy (non-hydrogen) atoms. The zero-order valence-electron chi connectivity index (χ0n) is 11.1. The van der Waals surface area contributed by atoms with E-state index in [1.54, 1.807) is 0 Å². The summed E-state index contributed by atoms with van der Waals surface area (Å²) in [6, 6.07) is 0.518. The third-order valence-electron chi connectivity index (χ3n) is 2.20. The first kappa shape index (κ1) is 13.2. The summed E-state index contributed by atoms with van der Waals surface area (Å²) in [6.07, 6.45) is 3.66. The monoisotopic (exact) mass is 224 g/mol. The van der Waals surface area contributed by atoms with E-state index in [1.807, 2.05) is 6.20 Å². The molecule has 1 aromatic heterocycles. The Bertz CT molecular complexity index is 310. The first-order valence-electron chi connectivity index (χ1n) is 6.04. The quantitative estimate of drug-likeness (QED) is 0.835. The van der Waals surface area contributed by atoms with Gasteiger partial charge in [-0.15, -0.1) is 0 Å². The summed E-state index contributed by atoms with van der Waals surface area (Å²) in [5.74, 6) is 1.83. The van der Waals surface area contributed by atoms with Crippen molar-refractivity contribution in [3.63, 3.8) is 0 Å². The van der Waals surface area contributed by atoms with Gasteiger partial charge in [0.2, 0.25) is 0 Å². The van der Waals surface area contributed by atoms with Crippen LogP contribution in [0.2, 0.25) is 0 Å². The molecule has 0 amide bonds. The van der Waals surface area contributed by atoms with E-state index in [9.17, 15) is 0 Å². The third kappa shape index (κ3) is 5.31. The Morgan fingerprint density at radius 3 is 2.62 bits per heavy atom. The summed E-state index contributed by atoms with van der Waals surface area (Å²) in [4.78, 5) is 4.29. The van der Waals surface area contributed by atoms with Gasteiger partial charge in [-0.1, -0.05) is 34.6 Å². The van der Waals surface area contributed by atoms with Crippen LogP contribution < -0.4 is 5.32 Å². The molecule has 1 N–H and O–H groups in total. The van der Waals surface area contributed by atoms with Gasteiger partial charge < -0.3 is 9.73 Å². The average Bonchev–Trinajstić information content (AvgIpc) is 2.48. The molecular weight excluding hydrogens is 200 g/mol. The molecule has 1 rings (SSSR count). The summed E-state index contributed by atoms with van der Waals surface area (Å²) in [5, 5.41) is 3.35. The highest BCUT2D eigenvalue weighted by molar-refractivity contribution is 4.97. The maximum atomic E-state index is 5.69. The molecule has 0 aliphatic carbocycles. The fourth-order valence-electron chi connectivity index (χ4n) is 1.54. The molecule has 0 saturated carbocycles. The zero-order valence-corrected chi connectivity index (χ0v) is 11.1. The highest BCUT2D eigenvalue weighted by Gasteiger charge is 2.14. The van der Waals surface area contributed by atoms with Gasteiger partial charge in [-0.3, -0.25) is 0 Å². The molecular formula is C13H24N2O. The maximum absolute atomic E-state index is 5.69.